The highest BCUT2D eigenvalue weighted by Crippen LogP contribution is 2.33. The number of unbranched alkanes of at least 4 members (excludes halogenated alkanes) is 1. The molecule has 0 unspecified atom stereocenters. The standard InChI is InChI=1S/C22H30N2O5S/c1-4-5-16-29-18-6-9-20(10-7-18)30(25,26)24-14-12-23(13-15-24)21-11-8-19(27-2)17-22(21)28-3/h6-11,17H,4-5,12-16H2,1-3H3. The van der Waals surface area contributed by atoms with Gasteiger partial charge >= 0.3 is 0 Å². The second-order valence-electron chi connectivity index (χ2n) is 7.10. The van der Waals surface area contributed by atoms with Gasteiger partial charge < -0.3 is 19.1 Å². The summed E-state index contributed by atoms with van der Waals surface area (Å²) < 4.78 is 44.0. The first-order valence-electron chi connectivity index (χ1n) is 10.2. The molecule has 1 aliphatic heterocycles. The van der Waals surface area contributed by atoms with Crippen LogP contribution in [0.25, 0.3) is 0 Å². The maximum Gasteiger partial charge on any atom is 0.243 e. The van der Waals surface area contributed by atoms with Crippen molar-refractivity contribution in [1.82, 2.24) is 4.31 Å². The SMILES string of the molecule is CCCCOc1ccc(S(=O)(=O)N2CCN(c3ccc(OC)cc3OC)CC2)cc1. The van der Waals surface area contributed by atoms with Gasteiger partial charge in [0.15, 0.2) is 0 Å². The van der Waals surface area contributed by atoms with Gasteiger partial charge in [0.25, 0.3) is 0 Å². The van der Waals surface area contributed by atoms with E-state index in [2.05, 4.69) is 11.8 Å². The average molecular weight is 435 g/mol. The van der Waals surface area contributed by atoms with E-state index in [-0.39, 0.29) is 0 Å². The smallest absolute Gasteiger partial charge is 0.243 e. The van der Waals surface area contributed by atoms with E-state index in [0.717, 1.165) is 24.3 Å². The Bertz CT molecular complexity index is 923. The lowest BCUT2D eigenvalue weighted by Crippen LogP contribution is -2.48. The van der Waals surface area contributed by atoms with E-state index < -0.39 is 10.0 Å². The first-order chi connectivity index (χ1) is 14.5. The van der Waals surface area contributed by atoms with Crippen LogP contribution in [0.5, 0.6) is 17.2 Å². The minimum Gasteiger partial charge on any atom is -0.497 e. The van der Waals surface area contributed by atoms with Gasteiger partial charge in [0, 0.05) is 32.2 Å². The summed E-state index contributed by atoms with van der Waals surface area (Å²) >= 11 is 0. The van der Waals surface area contributed by atoms with Crippen molar-refractivity contribution < 1.29 is 22.6 Å². The Hall–Kier alpha value is -2.45. The molecule has 1 fully saturated rings. The lowest BCUT2D eigenvalue weighted by molar-refractivity contribution is 0.309. The third-order valence-electron chi connectivity index (χ3n) is 5.19. The van der Waals surface area contributed by atoms with Crippen LogP contribution in [0.1, 0.15) is 19.8 Å². The summed E-state index contributed by atoms with van der Waals surface area (Å²) in [6.45, 7) is 4.72. The second kappa shape index (κ2) is 10.0. The predicted molar refractivity (Wildman–Crippen MR) is 117 cm³/mol. The van der Waals surface area contributed by atoms with Gasteiger partial charge in [0.2, 0.25) is 10.0 Å². The van der Waals surface area contributed by atoms with Crippen molar-refractivity contribution in [2.24, 2.45) is 0 Å². The van der Waals surface area contributed by atoms with E-state index in [1.165, 1.54) is 4.31 Å². The zero-order valence-electron chi connectivity index (χ0n) is 17.8. The van der Waals surface area contributed by atoms with Crippen molar-refractivity contribution in [3.8, 4) is 17.2 Å². The van der Waals surface area contributed by atoms with Crippen LogP contribution in [-0.2, 0) is 10.0 Å². The minimum atomic E-state index is -3.54. The molecule has 1 aliphatic rings. The van der Waals surface area contributed by atoms with Crippen LogP contribution in [0, 0.1) is 0 Å². The highest BCUT2D eigenvalue weighted by molar-refractivity contribution is 7.89. The van der Waals surface area contributed by atoms with Gasteiger partial charge in [-0.3, -0.25) is 0 Å². The number of nitrogens with zero attached hydrogens (tertiary/aromatic N) is 2. The molecule has 0 spiro atoms. The normalized spacial score (nSPS) is 15.1. The zero-order chi connectivity index (χ0) is 21.6. The molecule has 0 radical (unpaired) electrons. The molecule has 0 amide bonds. The molecule has 1 heterocycles. The van der Waals surface area contributed by atoms with E-state index in [4.69, 9.17) is 14.2 Å². The maximum absolute atomic E-state index is 13.0. The molecule has 0 aliphatic carbocycles. The van der Waals surface area contributed by atoms with Crippen LogP contribution in [0.4, 0.5) is 5.69 Å². The van der Waals surface area contributed by atoms with E-state index in [1.807, 2.05) is 18.2 Å². The van der Waals surface area contributed by atoms with Gasteiger partial charge in [-0.1, -0.05) is 13.3 Å². The summed E-state index contributed by atoms with van der Waals surface area (Å²) in [7, 11) is -0.303. The van der Waals surface area contributed by atoms with Crippen LogP contribution < -0.4 is 19.1 Å². The van der Waals surface area contributed by atoms with Crippen molar-refractivity contribution in [1.29, 1.82) is 0 Å². The van der Waals surface area contributed by atoms with E-state index >= 15 is 0 Å². The summed E-state index contributed by atoms with van der Waals surface area (Å²) in [6, 6.07) is 12.3. The minimum absolute atomic E-state index is 0.292. The molecule has 0 saturated carbocycles. The Kier molecular flexibility index (Phi) is 7.44. The van der Waals surface area contributed by atoms with Crippen LogP contribution >= 0.6 is 0 Å². The highest BCUT2D eigenvalue weighted by Gasteiger charge is 2.29. The fourth-order valence-electron chi connectivity index (χ4n) is 3.41. The molecular formula is C22H30N2O5S. The monoisotopic (exact) mass is 434 g/mol. The topological polar surface area (TPSA) is 68.3 Å². The van der Waals surface area contributed by atoms with Crippen LogP contribution in [0.15, 0.2) is 47.4 Å². The maximum atomic E-state index is 13.0. The fraction of sp³-hybridized carbons (Fsp3) is 0.455. The third kappa shape index (κ3) is 4.99. The number of anilines is 1. The lowest BCUT2D eigenvalue weighted by atomic mass is 10.2. The van der Waals surface area contributed by atoms with Gasteiger partial charge in [0.05, 0.1) is 31.4 Å². The molecule has 0 atom stereocenters. The van der Waals surface area contributed by atoms with Crippen molar-refractivity contribution >= 4 is 15.7 Å². The van der Waals surface area contributed by atoms with Gasteiger partial charge in [-0.15, -0.1) is 0 Å². The molecule has 2 aromatic rings. The van der Waals surface area contributed by atoms with Crippen molar-refractivity contribution in [2.45, 2.75) is 24.7 Å². The molecule has 1 saturated heterocycles. The molecule has 3 rings (SSSR count). The molecule has 164 valence electrons. The molecule has 8 heteroatoms. The summed E-state index contributed by atoms with van der Waals surface area (Å²) in [4.78, 5) is 2.43. The summed E-state index contributed by atoms with van der Waals surface area (Å²) in [5.41, 5.74) is 0.934. The summed E-state index contributed by atoms with van der Waals surface area (Å²) in [5.74, 6) is 2.13. The summed E-state index contributed by atoms with van der Waals surface area (Å²) in [5, 5.41) is 0. The Balaban J connectivity index is 1.65. The van der Waals surface area contributed by atoms with Gasteiger partial charge in [-0.05, 0) is 42.8 Å². The predicted octanol–water partition coefficient (Wildman–Crippen LogP) is 3.39. The lowest BCUT2D eigenvalue weighted by Gasteiger charge is -2.36. The largest absolute Gasteiger partial charge is 0.497 e. The number of rotatable bonds is 9. The number of benzene rings is 2. The van der Waals surface area contributed by atoms with E-state index in [0.29, 0.717) is 49.2 Å². The highest BCUT2D eigenvalue weighted by atomic mass is 32.2. The molecule has 7 nitrogen and oxygen atoms in total. The Morgan fingerprint density at radius 1 is 0.900 bits per heavy atom. The molecule has 0 bridgehead atoms. The molecule has 2 aromatic carbocycles. The quantitative estimate of drug-likeness (QED) is 0.564. The van der Waals surface area contributed by atoms with E-state index in [9.17, 15) is 8.42 Å². The number of sulfonamides is 1. The van der Waals surface area contributed by atoms with Crippen LogP contribution in [0.2, 0.25) is 0 Å². The first-order valence-corrected chi connectivity index (χ1v) is 11.6. The zero-order valence-corrected chi connectivity index (χ0v) is 18.7. The Labute approximate surface area is 179 Å². The Morgan fingerprint density at radius 2 is 1.57 bits per heavy atom. The molecule has 30 heavy (non-hydrogen) atoms. The second-order valence-corrected chi connectivity index (χ2v) is 9.04. The van der Waals surface area contributed by atoms with Crippen LogP contribution in [0.3, 0.4) is 0 Å². The fourth-order valence-corrected chi connectivity index (χ4v) is 4.83. The van der Waals surface area contributed by atoms with Crippen molar-refractivity contribution in [2.75, 3.05) is 51.9 Å². The first kappa shape index (κ1) is 22.2. The van der Waals surface area contributed by atoms with Crippen molar-refractivity contribution in [3.05, 3.63) is 42.5 Å². The molecule has 0 N–H and O–H groups in total. The average Bonchev–Trinajstić information content (AvgIpc) is 2.79. The van der Waals surface area contributed by atoms with Gasteiger partial charge in [0.1, 0.15) is 17.2 Å². The van der Waals surface area contributed by atoms with Gasteiger partial charge in [-0.25, -0.2) is 8.42 Å². The number of ether oxygens (including phenoxy) is 3. The molecular weight excluding hydrogens is 404 g/mol. The van der Waals surface area contributed by atoms with Crippen LogP contribution in [-0.4, -0.2) is 59.7 Å². The summed E-state index contributed by atoms with van der Waals surface area (Å²) in [6.07, 6.45) is 2.03. The van der Waals surface area contributed by atoms with E-state index in [1.54, 1.807) is 38.5 Å². The third-order valence-corrected chi connectivity index (χ3v) is 7.11. The number of hydrogen-bond acceptors (Lipinski definition) is 6. The Morgan fingerprint density at radius 3 is 2.17 bits per heavy atom. The number of hydrogen-bond donors (Lipinski definition) is 0. The van der Waals surface area contributed by atoms with Crippen molar-refractivity contribution in [3.63, 3.8) is 0 Å². The number of methoxy groups -OCH3 is 2. The number of piperazine rings is 1. The van der Waals surface area contributed by atoms with Gasteiger partial charge in [-0.2, -0.15) is 4.31 Å². The molecule has 0 aromatic heterocycles.